The van der Waals surface area contributed by atoms with Crippen LogP contribution in [-0.4, -0.2) is 66.3 Å². The van der Waals surface area contributed by atoms with E-state index in [1.54, 1.807) is 9.80 Å². The van der Waals surface area contributed by atoms with Crippen LogP contribution in [0.15, 0.2) is 0 Å². The zero-order valence-corrected chi connectivity index (χ0v) is 14.1. The van der Waals surface area contributed by atoms with E-state index in [1.807, 2.05) is 27.7 Å². The first-order valence-corrected chi connectivity index (χ1v) is 8.14. The third-order valence-corrected chi connectivity index (χ3v) is 3.87. The van der Waals surface area contributed by atoms with Crippen LogP contribution in [0.1, 0.15) is 40.5 Å². The van der Waals surface area contributed by atoms with Gasteiger partial charge in [0.1, 0.15) is 11.7 Å². The van der Waals surface area contributed by atoms with Crippen LogP contribution in [-0.2, 0) is 14.3 Å². The molecule has 1 saturated carbocycles. The Bertz CT molecular complexity index is 407. The Morgan fingerprint density at radius 1 is 1.09 bits per heavy atom. The molecule has 0 aromatic rings. The van der Waals surface area contributed by atoms with Crippen LogP contribution >= 0.6 is 0 Å². The van der Waals surface area contributed by atoms with Gasteiger partial charge in [-0.25, -0.2) is 4.79 Å². The van der Waals surface area contributed by atoms with Gasteiger partial charge < -0.3 is 19.3 Å². The highest BCUT2D eigenvalue weighted by atomic mass is 16.6. The third kappa shape index (κ3) is 5.16. The Hall–Kier alpha value is -1.30. The molecule has 0 N–H and O–H groups in total. The first-order chi connectivity index (χ1) is 10.3. The fourth-order valence-electron chi connectivity index (χ4n) is 2.33. The van der Waals surface area contributed by atoms with Crippen molar-refractivity contribution in [3.05, 3.63) is 0 Å². The van der Waals surface area contributed by atoms with E-state index >= 15 is 0 Å². The maximum Gasteiger partial charge on any atom is 0.410 e. The Kier molecular flexibility index (Phi) is 5.32. The lowest BCUT2D eigenvalue weighted by Gasteiger charge is -2.36. The van der Waals surface area contributed by atoms with Crippen molar-refractivity contribution < 1.29 is 19.1 Å². The molecule has 1 heterocycles. The monoisotopic (exact) mass is 312 g/mol. The molecule has 6 heteroatoms. The maximum atomic E-state index is 12.3. The van der Waals surface area contributed by atoms with Gasteiger partial charge in [-0.3, -0.25) is 4.79 Å². The summed E-state index contributed by atoms with van der Waals surface area (Å²) >= 11 is 0. The first kappa shape index (κ1) is 17.1. The van der Waals surface area contributed by atoms with E-state index in [4.69, 9.17) is 9.47 Å². The molecule has 2 aliphatic rings. The summed E-state index contributed by atoms with van der Waals surface area (Å²) < 4.78 is 11.0. The fourth-order valence-corrected chi connectivity index (χ4v) is 2.33. The lowest BCUT2D eigenvalue weighted by atomic mass is 10.2. The molecule has 2 fully saturated rings. The van der Waals surface area contributed by atoms with Gasteiger partial charge in [0, 0.05) is 26.2 Å². The standard InChI is InChI=1S/C16H28N2O4/c1-12(21-11-13-5-6-13)14(19)17-7-9-18(10-8-17)15(20)22-16(2,3)4/h12-13H,5-11H2,1-4H3. The van der Waals surface area contributed by atoms with E-state index in [9.17, 15) is 9.59 Å². The maximum absolute atomic E-state index is 12.3. The number of carbonyl (C=O) groups is 2. The first-order valence-electron chi connectivity index (χ1n) is 8.14. The molecule has 2 amide bonds. The molecule has 0 aromatic carbocycles. The van der Waals surface area contributed by atoms with Crippen molar-refractivity contribution in [2.75, 3.05) is 32.8 Å². The predicted molar refractivity (Wildman–Crippen MR) is 82.5 cm³/mol. The summed E-state index contributed by atoms with van der Waals surface area (Å²) in [5.41, 5.74) is -0.491. The molecule has 2 rings (SSSR count). The summed E-state index contributed by atoms with van der Waals surface area (Å²) in [5, 5.41) is 0. The van der Waals surface area contributed by atoms with Crippen LogP contribution in [0.5, 0.6) is 0 Å². The quantitative estimate of drug-likeness (QED) is 0.795. The van der Waals surface area contributed by atoms with Gasteiger partial charge in [0.25, 0.3) is 5.91 Å². The van der Waals surface area contributed by atoms with Crippen molar-refractivity contribution in [3.8, 4) is 0 Å². The van der Waals surface area contributed by atoms with Crippen LogP contribution in [0, 0.1) is 5.92 Å². The minimum absolute atomic E-state index is 0.0180. The average Bonchev–Trinajstić information content (AvgIpc) is 3.26. The fraction of sp³-hybridized carbons (Fsp3) is 0.875. The number of carbonyl (C=O) groups excluding carboxylic acids is 2. The minimum Gasteiger partial charge on any atom is -0.444 e. The number of nitrogens with zero attached hydrogens (tertiary/aromatic N) is 2. The third-order valence-electron chi connectivity index (χ3n) is 3.87. The number of rotatable bonds is 4. The molecule has 1 aliphatic carbocycles. The van der Waals surface area contributed by atoms with Crippen molar-refractivity contribution in [1.82, 2.24) is 9.80 Å². The van der Waals surface area contributed by atoms with Gasteiger partial charge >= 0.3 is 6.09 Å². The van der Waals surface area contributed by atoms with Crippen molar-refractivity contribution in [2.45, 2.75) is 52.2 Å². The summed E-state index contributed by atoms with van der Waals surface area (Å²) in [4.78, 5) is 27.7. The highest BCUT2D eigenvalue weighted by molar-refractivity contribution is 5.81. The Morgan fingerprint density at radius 3 is 2.14 bits per heavy atom. The van der Waals surface area contributed by atoms with Gasteiger partial charge in [0.15, 0.2) is 0 Å². The zero-order chi connectivity index (χ0) is 16.3. The second kappa shape index (κ2) is 6.86. The van der Waals surface area contributed by atoms with Crippen LogP contribution in [0.25, 0.3) is 0 Å². The summed E-state index contributed by atoms with van der Waals surface area (Å²) in [6.45, 7) is 10.1. The number of hydrogen-bond acceptors (Lipinski definition) is 4. The predicted octanol–water partition coefficient (Wildman–Crippen LogP) is 1.88. The number of ether oxygens (including phenoxy) is 2. The van der Waals surface area contributed by atoms with Crippen molar-refractivity contribution in [3.63, 3.8) is 0 Å². The normalized spacial score (nSPS) is 20.7. The Labute approximate surface area is 132 Å². The van der Waals surface area contributed by atoms with E-state index < -0.39 is 11.7 Å². The topological polar surface area (TPSA) is 59.1 Å². The highest BCUT2D eigenvalue weighted by Gasteiger charge is 2.30. The van der Waals surface area contributed by atoms with Crippen molar-refractivity contribution >= 4 is 12.0 Å². The molecule has 1 aliphatic heterocycles. The summed E-state index contributed by atoms with van der Waals surface area (Å²) in [6.07, 6.45) is 1.73. The van der Waals surface area contributed by atoms with Crippen LogP contribution in [0.4, 0.5) is 4.79 Å². The molecule has 1 unspecified atom stereocenters. The second-order valence-corrected chi connectivity index (χ2v) is 7.21. The molecule has 0 aromatic heterocycles. The summed E-state index contributed by atoms with van der Waals surface area (Å²) in [7, 11) is 0. The van der Waals surface area contributed by atoms with Gasteiger partial charge in [-0.1, -0.05) is 0 Å². The number of piperazine rings is 1. The SMILES string of the molecule is CC(OCC1CC1)C(=O)N1CCN(C(=O)OC(C)(C)C)CC1. The van der Waals surface area contributed by atoms with Gasteiger partial charge in [-0.05, 0) is 46.5 Å². The summed E-state index contributed by atoms with van der Waals surface area (Å²) in [6, 6.07) is 0. The molecule has 6 nitrogen and oxygen atoms in total. The van der Waals surface area contributed by atoms with Crippen LogP contribution in [0.3, 0.4) is 0 Å². The smallest absolute Gasteiger partial charge is 0.410 e. The van der Waals surface area contributed by atoms with E-state index in [0.29, 0.717) is 38.7 Å². The van der Waals surface area contributed by atoms with Crippen LogP contribution in [0.2, 0.25) is 0 Å². The van der Waals surface area contributed by atoms with E-state index in [-0.39, 0.29) is 12.0 Å². The molecule has 0 radical (unpaired) electrons. The lowest BCUT2D eigenvalue weighted by Crippen LogP contribution is -2.53. The van der Waals surface area contributed by atoms with Gasteiger partial charge in [-0.2, -0.15) is 0 Å². The van der Waals surface area contributed by atoms with Gasteiger partial charge in [-0.15, -0.1) is 0 Å². The molecule has 0 spiro atoms. The molecule has 1 saturated heterocycles. The zero-order valence-electron chi connectivity index (χ0n) is 14.1. The second-order valence-electron chi connectivity index (χ2n) is 7.21. The van der Waals surface area contributed by atoms with Crippen molar-refractivity contribution in [2.24, 2.45) is 5.92 Å². The largest absolute Gasteiger partial charge is 0.444 e. The molecule has 22 heavy (non-hydrogen) atoms. The molecule has 1 atom stereocenters. The Balaban J connectivity index is 1.73. The van der Waals surface area contributed by atoms with Crippen LogP contribution < -0.4 is 0 Å². The van der Waals surface area contributed by atoms with Crippen molar-refractivity contribution in [1.29, 1.82) is 0 Å². The molecule has 0 bridgehead atoms. The van der Waals surface area contributed by atoms with Gasteiger partial charge in [0.2, 0.25) is 0 Å². The highest BCUT2D eigenvalue weighted by Crippen LogP contribution is 2.29. The minimum atomic E-state index is -0.491. The lowest BCUT2D eigenvalue weighted by molar-refractivity contribution is -0.144. The Morgan fingerprint density at radius 2 is 1.64 bits per heavy atom. The van der Waals surface area contributed by atoms with E-state index in [2.05, 4.69) is 0 Å². The van der Waals surface area contributed by atoms with Gasteiger partial charge in [0.05, 0.1) is 6.61 Å². The number of amides is 2. The summed E-state index contributed by atoms with van der Waals surface area (Å²) in [5.74, 6) is 0.670. The number of hydrogen-bond donors (Lipinski definition) is 0. The van der Waals surface area contributed by atoms with E-state index in [0.717, 1.165) is 0 Å². The van der Waals surface area contributed by atoms with E-state index in [1.165, 1.54) is 12.8 Å². The average molecular weight is 312 g/mol. The molecule has 126 valence electrons. The molecular formula is C16H28N2O4. The molecular weight excluding hydrogens is 284 g/mol.